The summed E-state index contributed by atoms with van der Waals surface area (Å²) in [7, 11) is 0.147. The van der Waals surface area contributed by atoms with Gasteiger partial charge in [-0.25, -0.2) is 0 Å². The molecule has 0 bridgehead atoms. The van der Waals surface area contributed by atoms with E-state index >= 15 is 0 Å². The van der Waals surface area contributed by atoms with Crippen LogP contribution in [0.4, 0.5) is 0 Å². The summed E-state index contributed by atoms with van der Waals surface area (Å²) in [6.07, 6.45) is 0. The molecule has 1 unspecified atom stereocenters. The Hall–Kier alpha value is -1.64. The van der Waals surface area contributed by atoms with Crippen LogP contribution in [0.3, 0.4) is 0 Å². The SMILES string of the molecule is Cc1cc(C(C)(C)C)cc(C)c1C(=O)Pc1ccc(-c2ccccc2)cc1.[Li]. The van der Waals surface area contributed by atoms with Crippen molar-refractivity contribution in [2.24, 2.45) is 0 Å². The summed E-state index contributed by atoms with van der Waals surface area (Å²) in [4.78, 5) is 13.0. The fourth-order valence-corrected chi connectivity index (χ4v) is 4.44. The molecule has 0 fully saturated rings. The molecule has 0 aromatic heterocycles. The molecule has 0 amide bonds. The van der Waals surface area contributed by atoms with Crippen molar-refractivity contribution in [2.45, 2.75) is 40.0 Å². The predicted octanol–water partition coefficient (Wildman–Crippen LogP) is 6.03. The zero-order valence-electron chi connectivity index (χ0n) is 17.8. The Kier molecular flexibility index (Phi) is 7.47. The van der Waals surface area contributed by atoms with Crippen LogP contribution in [-0.4, -0.2) is 24.4 Å². The molecule has 0 N–H and O–H groups in total. The summed E-state index contributed by atoms with van der Waals surface area (Å²) in [5.74, 6) is 0. The minimum atomic E-state index is 0. The normalized spacial score (nSPS) is 11.5. The maximum Gasteiger partial charge on any atom is 0.186 e. The van der Waals surface area contributed by atoms with Crippen LogP contribution in [0.5, 0.6) is 0 Å². The van der Waals surface area contributed by atoms with Crippen LogP contribution in [0.15, 0.2) is 66.7 Å². The molecule has 0 aliphatic carbocycles. The molecule has 3 aromatic carbocycles. The molecule has 1 nitrogen and oxygen atoms in total. The number of hydrogen-bond acceptors (Lipinski definition) is 1. The molecule has 0 aliphatic heterocycles. The first-order chi connectivity index (χ1) is 12.8. The van der Waals surface area contributed by atoms with Crippen molar-refractivity contribution >= 4 is 38.3 Å². The molecular weight excluding hydrogens is 354 g/mol. The van der Waals surface area contributed by atoms with Crippen LogP contribution in [0.1, 0.15) is 47.8 Å². The third-order valence-corrected chi connectivity index (χ3v) is 5.97. The Morgan fingerprint density at radius 2 is 1.29 bits per heavy atom. The van der Waals surface area contributed by atoms with Gasteiger partial charge in [-0.2, -0.15) is 0 Å². The van der Waals surface area contributed by atoms with Gasteiger partial charge in [-0.05, 0) is 61.0 Å². The molecule has 3 rings (SSSR count). The van der Waals surface area contributed by atoms with Crippen molar-refractivity contribution in [3.8, 4) is 11.1 Å². The van der Waals surface area contributed by atoms with Crippen LogP contribution < -0.4 is 5.30 Å². The van der Waals surface area contributed by atoms with E-state index in [2.05, 4.69) is 83.1 Å². The molecule has 3 heteroatoms. The van der Waals surface area contributed by atoms with Gasteiger partial charge in [0.25, 0.3) is 0 Å². The van der Waals surface area contributed by atoms with Crippen LogP contribution in [0, 0.1) is 13.8 Å². The number of hydrogen-bond donors (Lipinski definition) is 0. The van der Waals surface area contributed by atoms with Gasteiger partial charge in [-0.15, -0.1) is 0 Å². The van der Waals surface area contributed by atoms with Gasteiger partial charge in [-0.3, -0.25) is 4.79 Å². The van der Waals surface area contributed by atoms with Crippen molar-refractivity contribution in [1.82, 2.24) is 0 Å². The predicted molar refractivity (Wildman–Crippen MR) is 125 cm³/mol. The van der Waals surface area contributed by atoms with E-state index in [4.69, 9.17) is 0 Å². The fraction of sp³-hybridized carbons (Fsp3) is 0.240. The van der Waals surface area contributed by atoms with Crippen LogP contribution in [0.2, 0.25) is 0 Å². The van der Waals surface area contributed by atoms with E-state index in [1.54, 1.807) is 0 Å². The van der Waals surface area contributed by atoms with Crippen molar-refractivity contribution in [3.63, 3.8) is 0 Å². The second-order valence-electron chi connectivity index (χ2n) is 8.13. The molecule has 3 aromatic rings. The number of benzene rings is 3. The second kappa shape index (κ2) is 9.24. The average molecular weight is 381 g/mol. The van der Waals surface area contributed by atoms with Crippen molar-refractivity contribution < 1.29 is 4.79 Å². The van der Waals surface area contributed by atoms with Crippen LogP contribution >= 0.6 is 8.58 Å². The molecule has 0 saturated heterocycles. The molecule has 1 atom stereocenters. The molecule has 0 spiro atoms. The Bertz CT molecular complexity index is 931. The largest absolute Gasteiger partial charge is 0.289 e. The van der Waals surface area contributed by atoms with Crippen LogP contribution in [0.25, 0.3) is 11.1 Å². The van der Waals surface area contributed by atoms with Gasteiger partial charge in [-0.1, -0.05) is 87.5 Å². The molecular formula is C25H27LiOP. The van der Waals surface area contributed by atoms with Gasteiger partial charge in [0.2, 0.25) is 0 Å². The number of carbonyl (C=O) groups is 1. The zero-order valence-corrected chi connectivity index (χ0v) is 18.8. The summed E-state index contributed by atoms with van der Waals surface area (Å²) in [6.45, 7) is 10.7. The van der Waals surface area contributed by atoms with Gasteiger partial charge >= 0.3 is 0 Å². The van der Waals surface area contributed by atoms with E-state index < -0.39 is 0 Å². The maximum atomic E-state index is 13.0. The minimum absolute atomic E-state index is 0. The summed E-state index contributed by atoms with van der Waals surface area (Å²) < 4.78 is 0. The summed E-state index contributed by atoms with van der Waals surface area (Å²) >= 11 is 0. The number of aryl methyl sites for hydroxylation is 2. The smallest absolute Gasteiger partial charge is 0.186 e. The van der Waals surface area contributed by atoms with Crippen LogP contribution in [-0.2, 0) is 5.41 Å². The third kappa shape index (κ3) is 5.24. The van der Waals surface area contributed by atoms with Crippen molar-refractivity contribution in [2.75, 3.05) is 0 Å². The Morgan fingerprint density at radius 3 is 1.79 bits per heavy atom. The minimum Gasteiger partial charge on any atom is -0.289 e. The topological polar surface area (TPSA) is 17.1 Å². The molecule has 0 saturated carbocycles. The summed E-state index contributed by atoms with van der Waals surface area (Å²) in [5, 5.41) is 1.08. The average Bonchev–Trinajstić information content (AvgIpc) is 2.61. The number of rotatable bonds is 4. The monoisotopic (exact) mass is 381 g/mol. The molecule has 139 valence electrons. The van der Waals surface area contributed by atoms with Gasteiger partial charge in [0.1, 0.15) is 0 Å². The van der Waals surface area contributed by atoms with E-state index in [9.17, 15) is 4.79 Å². The second-order valence-corrected chi connectivity index (χ2v) is 9.41. The Labute approximate surface area is 182 Å². The van der Waals surface area contributed by atoms with E-state index in [1.165, 1.54) is 16.7 Å². The third-order valence-electron chi connectivity index (χ3n) is 4.88. The first-order valence-corrected chi connectivity index (χ1v) is 10.3. The van der Waals surface area contributed by atoms with E-state index in [1.807, 2.05) is 18.2 Å². The zero-order chi connectivity index (χ0) is 19.6. The summed E-state index contributed by atoms with van der Waals surface area (Å²) in [6, 6.07) is 23.0. The standard InChI is InChI=1S/C25H27OP.Li/c1-17-15-21(25(3,4)5)16-18(2)23(17)24(26)27-22-13-11-20(12-14-22)19-9-7-6-8-10-19;/h6-16,27H,1-5H3;. The quantitative estimate of drug-likeness (QED) is 0.398. The van der Waals surface area contributed by atoms with Gasteiger partial charge in [0.15, 0.2) is 5.52 Å². The first-order valence-electron chi connectivity index (χ1n) is 9.34. The molecule has 1 radical (unpaired) electrons. The van der Waals surface area contributed by atoms with Gasteiger partial charge in [0, 0.05) is 24.4 Å². The molecule has 0 heterocycles. The van der Waals surface area contributed by atoms with E-state index in [0.29, 0.717) is 0 Å². The van der Waals surface area contributed by atoms with E-state index in [-0.39, 0.29) is 38.4 Å². The van der Waals surface area contributed by atoms with Crippen molar-refractivity contribution in [3.05, 3.63) is 89.0 Å². The van der Waals surface area contributed by atoms with Crippen molar-refractivity contribution in [1.29, 1.82) is 0 Å². The fourth-order valence-electron chi connectivity index (χ4n) is 3.32. The van der Waals surface area contributed by atoms with E-state index in [0.717, 1.165) is 22.0 Å². The first kappa shape index (κ1) is 22.6. The Morgan fingerprint density at radius 1 is 0.786 bits per heavy atom. The molecule has 28 heavy (non-hydrogen) atoms. The Balaban J connectivity index is 0.00000280. The van der Waals surface area contributed by atoms with Gasteiger partial charge in [0.05, 0.1) is 0 Å². The number of carbonyl (C=O) groups excluding carboxylic acids is 1. The van der Waals surface area contributed by atoms with Gasteiger partial charge < -0.3 is 0 Å². The molecule has 0 aliphatic rings. The summed E-state index contributed by atoms with van der Waals surface area (Å²) in [5.41, 5.74) is 7.02. The maximum absolute atomic E-state index is 13.0.